The van der Waals surface area contributed by atoms with Crippen molar-refractivity contribution in [3.8, 4) is 0 Å². The molecule has 2 aromatic carbocycles. The molecular formula is C17H14BrNO3. The van der Waals surface area contributed by atoms with Crippen LogP contribution in [0.2, 0.25) is 0 Å². The van der Waals surface area contributed by atoms with Gasteiger partial charge in [0, 0.05) is 23.1 Å². The fraction of sp³-hybridized carbons (Fsp3) is 0.176. The van der Waals surface area contributed by atoms with Crippen LogP contribution >= 0.6 is 15.9 Å². The Morgan fingerprint density at radius 2 is 1.95 bits per heavy atom. The second-order valence-corrected chi connectivity index (χ2v) is 6.07. The SMILES string of the molecule is COC(=O)c1ccc(CN2Cc3cc(Br)ccc3C2=O)cc1. The minimum atomic E-state index is -0.360. The number of carbonyl (C=O) groups is 2. The Bertz CT molecular complexity index is 740. The van der Waals surface area contributed by atoms with Crippen LogP contribution < -0.4 is 0 Å². The largest absolute Gasteiger partial charge is 0.465 e. The zero-order valence-corrected chi connectivity index (χ0v) is 13.6. The molecule has 22 heavy (non-hydrogen) atoms. The van der Waals surface area contributed by atoms with Crippen molar-refractivity contribution in [2.24, 2.45) is 0 Å². The highest BCUT2D eigenvalue weighted by Gasteiger charge is 2.27. The predicted molar refractivity (Wildman–Crippen MR) is 85.5 cm³/mol. The molecule has 0 saturated heterocycles. The van der Waals surface area contributed by atoms with Crippen molar-refractivity contribution >= 4 is 27.8 Å². The van der Waals surface area contributed by atoms with Gasteiger partial charge in [0.2, 0.25) is 0 Å². The summed E-state index contributed by atoms with van der Waals surface area (Å²) in [6.45, 7) is 1.12. The highest BCUT2D eigenvalue weighted by atomic mass is 79.9. The number of amides is 1. The molecule has 0 atom stereocenters. The van der Waals surface area contributed by atoms with Gasteiger partial charge in [0.05, 0.1) is 12.7 Å². The van der Waals surface area contributed by atoms with E-state index in [1.54, 1.807) is 17.0 Å². The first-order valence-electron chi connectivity index (χ1n) is 6.83. The van der Waals surface area contributed by atoms with Crippen molar-refractivity contribution in [3.05, 3.63) is 69.2 Å². The standard InChI is InChI=1S/C17H14BrNO3/c1-22-17(21)12-4-2-11(3-5-12)9-19-10-13-8-14(18)6-7-15(13)16(19)20/h2-8H,9-10H2,1H3. The van der Waals surface area contributed by atoms with Gasteiger partial charge in [0.25, 0.3) is 5.91 Å². The van der Waals surface area contributed by atoms with Crippen molar-refractivity contribution in [3.63, 3.8) is 0 Å². The zero-order valence-electron chi connectivity index (χ0n) is 12.0. The third-order valence-corrected chi connectivity index (χ3v) is 4.19. The topological polar surface area (TPSA) is 46.6 Å². The smallest absolute Gasteiger partial charge is 0.337 e. The Hall–Kier alpha value is -2.14. The number of rotatable bonds is 3. The third kappa shape index (κ3) is 2.76. The lowest BCUT2D eigenvalue weighted by molar-refractivity contribution is 0.0600. The first kappa shape index (κ1) is 14.8. The number of hydrogen-bond acceptors (Lipinski definition) is 3. The molecule has 0 bridgehead atoms. The van der Waals surface area contributed by atoms with Gasteiger partial charge in [-0.2, -0.15) is 0 Å². The lowest BCUT2D eigenvalue weighted by Gasteiger charge is -2.15. The second-order valence-electron chi connectivity index (χ2n) is 5.15. The minimum Gasteiger partial charge on any atom is -0.465 e. The summed E-state index contributed by atoms with van der Waals surface area (Å²) < 4.78 is 5.65. The van der Waals surface area contributed by atoms with Crippen molar-refractivity contribution < 1.29 is 14.3 Å². The summed E-state index contributed by atoms with van der Waals surface area (Å²) in [4.78, 5) is 25.6. The van der Waals surface area contributed by atoms with Gasteiger partial charge in [-0.1, -0.05) is 28.1 Å². The molecule has 0 spiro atoms. The van der Waals surface area contributed by atoms with Gasteiger partial charge in [-0.15, -0.1) is 0 Å². The van der Waals surface area contributed by atoms with Crippen LogP contribution in [0.5, 0.6) is 0 Å². The molecule has 0 fully saturated rings. The van der Waals surface area contributed by atoms with Gasteiger partial charge in [0.1, 0.15) is 0 Å². The van der Waals surface area contributed by atoms with Gasteiger partial charge < -0.3 is 9.64 Å². The Kier molecular flexibility index (Phi) is 3.98. The van der Waals surface area contributed by atoms with Gasteiger partial charge in [-0.3, -0.25) is 4.79 Å². The molecule has 1 heterocycles. The Labute approximate surface area is 136 Å². The Morgan fingerprint density at radius 1 is 1.23 bits per heavy atom. The number of fused-ring (bicyclic) bond motifs is 1. The summed E-state index contributed by atoms with van der Waals surface area (Å²) >= 11 is 3.43. The van der Waals surface area contributed by atoms with Crippen LogP contribution in [0.1, 0.15) is 31.8 Å². The summed E-state index contributed by atoms with van der Waals surface area (Å²) in [6.07, 6.45) is 0. The molecule has 112 valence electrons. The molecule has 0 unspecified atom stereocenters. The molecule has 0 aliphatic carbocycles. The molecule has 4 nitrogen and oxygen atoms in total. The van der Waals surface area contributed by atoms with E-state index in [9.17, 15) is 9.59 Å². The van der Waals surface area contributed by atoms with Crippen molar-refractivity contribution in [1.82, 2.24) is 4.90 Å². The molecule has 0 saturated carbocycles. The quantitative estimate of drug-likeness (QED) is 0.789. The van der Waals surface area contributed by atoms with Gasteiger partial charge in [0.15, 0.2) is 0 Å². The molecule has 1 amide bonds. The molecule has 1 aliphatic heterocycles. The number of carbonyl (C=O) groups excluding carboxylic acids is 2. The van der Waals surface area contributed by atoms with Gasteiger partial charge in [-0.05, 0) is 41.5 Å². The number of ether oxygens (including phenoxy) is 1. The van der Waals surface area contributed by atoms with E-state index in [1.807, 2.05) is 30.3 Å². The van der Waals surface area contributed by atoms with E-state index in [4.69, 9.17) is 0 Å². The number of methoxy groups -OCH3 is 1. The van der Waals surface area contributed by atoms with Crippen molar-refractivity contribution in [2.75, 3.05) is 7.11 Å². The first-order chi connectivity index (χ1) is 10.6. The van der Waals surface area contributed by atoms with E-state index < -0.39 is 0 Å². The fourth-order valence-corrected chi connectivity index (χ4v) is 2.97. The number of benzene rings is 2. The van der Waals surface area contributed by atoms with Crippen LogP contribution in [0.15, 0.2) is 46.9 Å². The molecule has 2 aromatic rings. The molecule has 0 radical (unpaired) electrons. The van der Waals surface area contributed by atoms with Crippen LogP contribution in [0, 0.1) is 0 Å². The van der Waals surface area contributed by atoms with Crippen molar-refractivity contribution in [2.45, 2.75) is 13.1 Å². The molecule has 0 aromatic heterocycles. The average molecular weight is 360 g/mol. The van der Waals surface area contributed by atoms with E-state index in [0.29, 0.717) is 18.7 Å². The van der Waals surface area contributed by atoms with Crippen LogP contribution in [-0.4, -0.2) is 23.9 Å². The minimum absolute atomic E-state index is 0.0412. The van der Waals surface area contributed by atoms with Crippen LogP contribution in [0.25, 0.3) is 0 Å². The monoisotopic (exact) mass is 359 g/mol. The maximum absolute atomic E-state index is 12.4. The first-order valence-corrected chi connectivity index (χ1v) is 7.63. The highest BCUT2D eigenvalue weighted by Crippen LogP contribution is 2.27. The summed E-state index contributed by atoms with van der Waals surface area (Å²) in [5, 5.41) is 0. The molecule has 5 heteroatoms. The summed E-state index contributed by atoms with van der Waals surface area (Å²) in [5.74, 6) is -0.319. The number of halogens is 1. The average Bonchev–Trinajstić information content (AvgIpc) is 2.82. The van der Waals surface area contributed by atoms with E-state index in [1.165, 1.54) is 7.11 Å². The number of esters is 1. The third-order valence-electron chi connectivity index (χ3n) is 3.69. The summed E-state index contributed by atoms with van der Waals surface area (Å²) in [5.41, 5.74) is 3.28. The maximum Gasteiger partial charge on any atom is 0.337 e. The summed E-state index contributed by atoms with van der Waals surface area (Å²) in [7, 11) is 1.36. The molecular weight excluding hydrogens is 346 g/mol. The normalized spacial score (nSPS) is 13.2. The molecule has 3 rings (SSSR count). The van der Waals surface area contributed by atoms with E-state index in [2.05, 4.69) is 20.7 Å². The van der Waals surface area contributed by atoms with E-state index >= 15 is 0 Å². The highest BCUT2D eigenvalue weighted by molar-refractivity contribution is 9.10. The molecule has 0 N–H and O–H groups in total. The van der Waals surface area contributed by atoms with Crippen LogP contribution in [-0.2, 0) is 17.8 Å². The fourth-order valence-electron chi connectivity index (χ4n) is 2.56. The number of nitrogens with zero attached hydrogens (tertiary/aromatic N) is 1. The maximum atomic E-state index is 12.4. The Morgan fingerprint density at radius 3 is 2.64 bits per heavy atom. The van der Waals surface area contributed by atoms with E-state index in [-0.39, 0.29) is 11.9 Å². The lowest BCUT2D eigenvalue weighted by Crippen LogP contribution is -2.23. The van der Waals surface area contributed by atoms with Crippen molar-refractivity contribution in [1.29, 1.82) is 0 Å². The number of hydrogen-bond donors (Lipinski definition) is 0. The lowest BCUT2D eigenvalue weighted by atomic mass is 10.1. The van der Waals surface area contributed by atoms with Crippen LogP contribution in [0.4, 0.5) is 0 Å². The second kappa shape index (κ2) is 5.93. The van der Waals surface area contributed by atoms with Gasteiger partial charge in [-0.25, -0.2) is 4.79 Å². The molecule has 1 aliphatic rings. The van der Waals surface area contributed by atoms with E-state index in [0.717, 1.165) is 21.2 Å². The Balaban J connectivity index is 1.75. The summed E-state index contributed by atoms with van der Waals surface area (Å²) in [6, 6.07) is 12.8. The van der Waals surface area contributed by atoms with Gasteiger partial charge >= 0.3 is 5.97 Å². The van der Waals surface area contributed by atoms with Crippen LogP contribution in [0.3, 0.4) is 0 Å². The zero-order chi connectivity index (χ0) is 15.7. The predicted octanol–water partition coefficient (Wildman–Crippen LogP) is 3.39.